The van der Waals surface area contributed by atoms with Gasteiger partial charge in [-0.2, -0.15) is 5.10 Å². The number of rotatable bonds is 6. The highest BCUT2D eigenvalue weighted by atomic mass is 32.2. The van der Waals surface area contributed by atoms with E-state index in [9.17, 15) is 13.5 Å². The second-order valence-electron chi connectivity index (χ2n) is 6.83. The first-order valence-corrected chi connectivity index (χ1v) is 8.92. The lowest BCUT2D eigenvalue weighted by Crippen LogP contribution is -2.49. The maximum atomic E-state index is 12.6. The Kier molecular flexibility index (Phi) is 3.42. The van der Waals surface area contributed by atoms with Crippen molar-refractivity contribution in [1.29, 1.82) is 0 Å². The molecule has 2 fully saturated rings. The lowest BCUT2D eigenvalue weighted by Gasteiger charge is -2.46. The van der Waals surface area contributed by atoms with Gasteiger partial charge in [-0.05, 0) is 32.6 Å². The van der Waals surface area contributed by atoms with E-state index >= 15 is 0 Å². The van der Waals surface area contributed by atoms with E-state index in [1.807, 2.05) is 13.2 Å². The van der Waals surface area contributed by atoms with Crippen LogP contribution in [0, 0.1) is 5.41 Å². The van der Waals surface area contributed by atoms with Gasteiger partial charge < -0.3 is 5.11 Å². The van der Waals surface area contributed by atoms with Crippen LogP contribution >= 0.6 is 0 Å². The van der Waals surface area contributed by atoms with Gasteiger partial charge in [0.2, 0.25) is 10.0 Å². The lowest BCUT2D eigenvalue weighted by molar-refractivity contribution is 0.0128. The molecule has 118 valence electrons. The quantitative estimate of drug-likeness (QED) is 0.823. The number of nitrogens with zero attached hydrogens (tertiary/aromatic N) is 2. The minimum atomic E-state index is -3.39. The first-order chi connectivity index (χ1) is 9.82. The Morgan fingerprint density at radius 2 is 2.10 bits per heavy atom. The van der Waals surface area contributed by atoms with Gasteiger partial charge in [-0.15, -0.1) is 0 Å². The van der Waals surface area contributed by atoms with Gasteiger partial charge in [0.05, 0.1) is 23.6 Å². The molecule has 2 N–H and O–H groups in total. The minimum Gasteiger partial charge on any atom is -0.396 e. The van der Waals surface area contributed by atoms with Crippen molar-refractivity contribution in [2.45, 2.75) is 49.8 Å². The van der Waals surface area contributed by atoms with Crippen LogP contribution < -0.4 is 4.72 Å². The fraction of sp³-hybridized carbons (Fsp3) is 0.786. The van der Waals surface area contributed by atoms with Gasteiger partial charge in [-0.1, -0.05) is 6.42 Å². The molecule has 0 bridgehead atoms. The van der Waals surface area contributed by atoms with E-state index in [4.69, 9.17) is 0 Å². The summed E-state index contributed by atoms with van der Waals surface area (Å²) in [6.45, 7) is 1.77. The third-order valence-electron chi connectivity index (χ3n) is 5.21. The van der Waals surface area contributed by atoms with Crippen LogP contribution in [0.4, 0.5) is 0 Å². The van der Waals surface area contributed by atoms with Crippen LogP contribution in [0.1, 0.15) is 50.6 Å². The Morgan fingerprint density at radius 1 is 1.43 bits per heavy atom. The van der Waals surface area contributed by atoms with Gasteiger partial charge in [0.25, 0.3) is 0 Å². The normalized spacial score (nSPS) is 24.3. The molecule has 1 aromatic heterocycles. The number of hydrogen-bond donors (Lipinski definition) is 2. The molecule has 0 aromatic carbocycles. The summed E-state index contributed by atoms with van der Waals surface area (Å²) >= 11 is 0. The van der Waals surface area contributed by atoms with Crippen LogP contribution in [0.5, 0.6) is 0 Å². The monoisotopic (exact) mass is 313 g/mol. The van der Waals surface area contributed by atoms with E-state index in [0.29, 0.717) is 12.8 Å². The largest absolute Gasteiger partial charge is 0.396 e. The number of hydrogen-bond acceptors (Lipinski definition) is 4. The van der Waals surface area contributed by atoms with Gasteiger partial charge >= 0.3 is 0 Å². The van der Waals surface area contributed by atoms with E-state index < -0.39 is 20.8 Å². The summed E-state index contributed by atoms with van der Waals surface area (Å²) in [6.07, 6.45) is 7.62. The van der Waals surface area contributed by atoms with Gasteiger partial charge in [-0.25, -0.2) is 13.1 Å². The van der Waals surface area contributed by atoms with Crippen molar-refractivity contribution >= 4 is 10.0 Å². The van der Waals surface area contributed by atoms with Crippen LogP contribution in [0.3, 0.4) is 0 Å². The molecule has 0 amide bonds. The summed E-state index contributed by atoms with van der Waals surface area (Å²) in [6, 6.07) is -0.396. The topological polar surface area (TPSA) is 84.2 Å². The summed E-state index contributed by atoms with van der Waals surface area (Å²) in [7, 11) is -1.58. The molecule has 0 aliphatic heterocycles. The number of aromatic nitrogens is 2. The predicted octanol–water partition coefficient (Wildman–Crippen LogP) is 1.10. The van der Waals surface area contributed by atoms with Crippen LogP contribution in [-0.4, -0.2) is 34.7 Å². The van der Waals surface area contributed by atoms with Crippen molar-refractivity contribution in [3.05, 3.63) is 18.0 Å². The molecule has 21 heavy (non-hydrogen) atoms. The molecular weight excluding hydrogens is 290 g/mol. The molecule has 1 heterocycles. The van der Waals surface area contributed by atoms with E-state index in [1.54, 1.807) is 17.8 Å². The fourth-order valence-corrected chi connectivity index (χ4v) is 4.67. The molecular formula is C14H23N3O3S. The summed E-state index contributed by atoms with van der Waals surface area (Å²) in [5, 5.41) is 14.0. The average Bonchev–Trinajstić information content (AvgIpc) is 2.98. The van der Waals surface area contributed by atoms with Crippen molar-refractivity contribution in [3.8, 4) is 0 Å². The van der Waals surface area contributed by atoms with Gasteiger partial charge in [0.1, 0.15) is 0 Å². The molecule has 0 spiro atoms. The molecule has 6 nitrogen and oxygen atoms in total. The number of aliphatic hydroxyl groups is 1. The average molecular weight is 313 g/mol. The maximum Gasteiger partial charge on any atom is 0.217 e. The summed E-state index contributed by atoms with van der Waals surface area (Å²) in [5.74, 6) is 0. The predicted molar refractivity (Wildman–Crippen MR) is 79.0 cm³/mol. The molecule has 1 atom stereocenters. The van der Waals surface area contributed by atoms with E-state index in [-0.39, 0.29) is 12.0 Å². The summed E-state index contributed by atoms with van der Waals surface area (Å²) in [5.41, 5.74) is 0.445. The number of aryl methyl sites for hydroxylation is 1. The molecule has 2 aliphatic rings. The maximum absolute atomic E-state index is 12.6. The Balaban J connectivity index is 1.93. The van der Waals surface area contributed by atoms with Crippen molar-refractivity contribution < 1.29 is 13.5 Å². The summed E-state index contributed by atoms with van der Waals surface area (Å²) in [4.78, 5) is 0. The van der Waals surface area contributed by atoms with Gasteiger partial charge in [-0.3, -0.25) is 4.68 Å². The molecule has 1 aromatic rings. The van der Waals surface area contributed by atoms with Crippen molar-refractivity contribution in [1.82, 2.24) is 14.5 Å². The first-order valence-electron chi connectivity index (χ1n) is 7.43. The van der Waals surface area contributed by atoms with Crippen LogP contribution in [0.25, 0.3) is 0 Å². The second-order valence-corrected chi connectivity index (χ2v) is 9.05. The SMILES string of the molecule is Cn1cc(C(NS(=O)(=O)C2(C)CC2)C2(CO)CCC2)cn1. The Morgan fingerprint density at radius 3 is 2.48 bits per heavy atom. The van der Waals surface area contributed by atoms with E-state index in [0.717, 1.165) is 24.8 Å². The summed E-state index contributed by atoms with van der Waals surface area (Å²) < 4.78 is 29.1. The zero-order valence-corrected chi connectivity index (χ0v) is 13.4. The third kappa shape index (κ3) is 2.41. The lowest BCUT2D eigenvalue weighted by atomic mass is 9.63. The van der Waals surface area contributed by atoms with Crippen LogP contribution in [-0.2, 0) is 17.1 Å². The molecule has 0 saturated heterocycles. The third-order valence-corrected chi connectivity index (χ3v) is 7.46. The van der Waals surface area contributed by atoms with Crippen LogP contribution in [0.15, 0.2) is 12.4 Å². The fourth-order valence-electron chi connectivity index (χ4n) is 3.05. The van der Waals surface area contributed by atoms with E-state index in [2.05, 4.69) is 9.82 Å². The number of sulfonamides is 1. The van der Waals surface area contributed by atoms with Crippen molar-refractivity contribution in [2.24, 2.45) is 12.5 Å². The zero-order chi connectivity index (χ0) is 15.3. The molecule has 1 unspecified atom stereocenters. The smallest absolute Gasteiger partial charge is 0.217 e. The standard InChI is InChI=1S/C14H23N3O3S/c1-13(6-7-13)21(19,20)16-12(11-8-15-17(2)9-11)14(10-18)4-3-5-14/h8-9,12,16,18H,3-7,10H2,1-2H3. The van der Waals surface area contributed by atoms with Gasteiger partial charge in [0.15, 0.2) is 0 Å². The molecule has 2 saturated carbocycles. The number of nitrogens with one attached hydrogen (secondary N) is 1. The highest BCUT2D eigenvalue weighted by molar-refractivity contribution is 7.91. The first kappa shape index (κ1) is 15.0. The highest BCUT2D eigenvalue weighted by Crippen LogP contribution is 2.51. The van der Waals surface area contributed by atoms with E-state index in [1.165, 1.54) is 0 Å². The minimum absolute atomic E-state index is 0.00814. The molecule has 7 heteroatoms. The van der Waals surface area contributed by atoms with Crippen molar-refractivity contribution in [3.63, 3.8) is 0 Å². The Hall–Kier alpha value is -0.920. The van der Waals surface area contributed by atoms with Crippen LogP contribution in [0.2, 0.25) is 0 Å². The van der Waals surface area contributed by atoms with Crippen molar-refractivity contribution in [2.75, 3.05) is 6.61 Å². The highest BCUT2D eigenvalue weighted by Gasteiger charge is 2.54. The Labute approximate surface area is 125 Å². The van der Waals surface area contributed by atoms with Gasteiger partial charge in [0, 0.05) is 24.2 Å². The molecule has 3 rings (SSSR count). The molecule has 2 aliphatic carbocycles. The second kappa shape index (κ2) is 4.79. The molecule has 0 radical (unpaired) electrons. The Bertz CT molecular complexity index is 624. The zero-order valence-electron chi connectivity index (χ0n) is 12.5. The number of aliphatic hydroxyl groups excluding tert-OH is 1.